The van der Waals surface area contributed by atoms with Gasteiger partial charge in [-0.1, -0.05) is 23.7 Å². The van der Waals surface area contributed by atoms with Crippen LogP contribution in [0.1, 0.15) is 24.0 Å². The second-order valence-electron chi connectivity index (χ2n) is 5.45. The van der Waals surface area contributed by atoms with E-state index >= 15 is 0 Å². The molecule has 1 aromatic heterocycles. The standard InChI is InChI=1S/C16H18ClN3O2/c1-11-9-18-20(10-12-4-6-13(17)7-5-12)15(11)19-16(21)14-3-2-8-22-14/h4-7,9,14H,2-3,8,10H2,1H3,(H,19,21). The fourth-order valence-corrected chi connectivity index (χ4v) is 2.63. The minimum atomic E-state index is -0.349. The first-order valence-electron chi connectivity index (χ1n) is 7.33. The Bertz CT molecular complexity index is 661. The number of nitrogens with one attached hydrogen (secondary N) is 1. The fourth-order valence-electron chi connectivity index (χ4n) is 2.51. The van der Waals surface area contributed by atoms with Crippen molar-refractivity contribution in [2.75, 3.05) is 11.9 Å². The van der Waals surface area contributed by atoms with Gasteiger partial charge in [-0.25, -0.2) is 4.68 Å². The Kier molecular flexibility index (Phi) is 4.45. The lowest BCUT2D eigenvalue weighted by Gasteiger charge is -2.13. The molecule has 22 heavy (non-hydrogen) atoms. The molecular formula is C16H18ClN3O2. The van der Waals surface area contributed by atoms with E-state index in [1.807, 2.05) is 31.2 Å². The van der Waals surface area contributed by atoms with Crippen LogP contribution in [0.15, 0.2) is 30.5 Å². The Morgan fingerprint density at radius 3 is 2.91 bits per heavy atom. The predicted molar refractivity (Wildman–Crippen MR) is 85.1 cm³/mol. The molecular weight excluding hydrogens is 302 g/mol. The highest BCUT2D eigenvalue weighted by Crippen LogP contribution is 2.19. The smallest absolute Gasteiger partial charge is 0.254 e. The molecule has 6 heteroatoms. The normalized spacial score (nSPS) is 17.6. The summed E-state index contributed by atoms with van der Waals surface area (Å²) in [7, 11) is 0. The van der Waals surface area contributed by atoms with Gasteiger partial charge in [0, 0.05) is 17.2 Å². The van der Waals surface area contributed by atoms with E-state index in [-0.39, 0.29) is 12.0 Å². The van der Waals surface area contributed by atoms with Crippen molar-refractivity contribution in [2.24, 2.45) is 0 Å². The van der Waals surface area contributed by atoms with Crippen LogP contribution in [0.25, 0.3) is 0 Å². The lowest BCUT2D eigenvalue weighted by atomic mass is 10.2. The molecule has 0 saturated carbocycles. The Balaban J connectivity index is 1.75. The maximum absolute atomic E-state index is 12.2. The van der Waals surface area contributed by atoms with Crippen LogP contribution in [0, 0.1) is 6.92 Å². The van der Waals surface area contributed by atoms with E-state index in [1.165, 1.54) is 0 Å². The second kappa shape index (κ2) is 6.50. The molecule has 0 radical (unpaired) electrons. The maximum Gasteiger partial charge on any atom is 0.254 e. The van der Waals surface area contributed by atoms with Crippen LogP contribution in [0.3, 0.4) is 0 Å². The first-order chi connectivity index (χ1) is 10.6. The van der Waals surface area contributed by atoms with Gasteiger partial charge in [0.05, 0.1) is 12.7 Å². The van der Waals surface area contributed by atoms with Gasteiger partial charge in [-0.05, 0) is 37.5 Å². The number of aromatic nitrogens is 2. The van der Waals surface area contributed by atoms with E-state index in [0.29, 0.717) is 18.2 Å². The van der Waals surface area contributed by atoms with Crippen molar-refractivity contribution in [3.63, 3.8) is 0 Å². The topological polar surface area (TPSA) is 56.2 Å². The van der Waals surface area contributed by atoms with Crippen molar-refractivity contribution in [1.29, 1.82) is 0 Å². The third kappa shape index (κ3) is 3.31. The molecule has 5 nitrogen and oxygen atoms in total. The van der Waals surface area contributed by atoms with E-state index in [1.54, 1.807) is 10.9 Å². The van der Waals surface area contributed by atoms with E-state index in [2.05, 4.69) is 10.4 Å². The summed E-state index contributed by atoms with van der Waals surface area (Å²) in [5.74, 6) is 0.619. The van der Waals surface area contributed by atoms with Gasteiger partial charge in [-0.15, -0.1) is 0 Å². The van der Waals surface area contributed by atoms with Crippen molar-refractivity contribution in [3.05, 3.63) is 46.6 Å². The summed E-state index contributed by atoms with van der Waals surface area (Å²) in [6.45, 7) is 3.16. The molecule has 2 aromatic rings. The zero-order valence-corrected chi connectivity index (χ0v) is 13.1. The Labute approximate surface area is 134 Å². The van der Waals surface area contributed by atoms with Crippen molar-refractivity contribution in [2.45, 2.75) is 32.4 Å². The number of hydrogen-bond acceptors (Lipinski definition) is 3. The Morgan fingerprint density at radius 1 is 1.45 bits per heavy atom. The van der Waals surface area contributed by atoms with Gasteiger partial charge in [0.25, 0.3) is 5.91 Å². The average molecular weight is 320 g/mol. The molecule has 1 fully saturated rings. The lowest BCUT2D eigenvalue weighted by Crippen LogP contribution is -2.28. The van der Waals surface area contributed by atoms with E-state index < -0.39 is 0 Å². The third-order valence-electron chi connectivity index (χ3n) is 3.73. The van der Waals surface area contributed by atoms with Crippen LogP contribution in [-0.4, -0.2) is 28.4 Å². The molecule has 0 spiro atoms. The van der Waals surface area contributed by atoms with E-state index in [4.69, 9.17) is 16.3 Å². The highest BCUT2D eigenvalue weighted by molar-refractivity contribution is 6.30. The molecule has 1 N–H and O–H groups in total. The lowest BCUT2D eigenvalue weighted by molar-refractivity contribution is -0.124. The van der Waals surface area contributed by atoms with Crippen molar-refractivity contribution in [3.8, 4) is 0 Å². The van der Waals surface area contributed by atoms with Crippen LogP contribution >= 0.6 is 11.6 Å². The minimum Gasteiger partial charge on any atom is -0.368 e. The first kappa shape index (κ1) is 15.1. The maximum atomic E-state index is 12.2. The molecule has 1 unspecified atom stereocenters. The number of amides is 1. The molecule has 1 aromatic carbocycles. The van der Waals surface area contributed by atoms with Gasteiger partial charge in [0.1, 0.15) is 11.9 Å². The number of rotatable bonds is 4. The predicted octanol–water partition coefficient (Wildman–Crippen LogP) is 3.01. The number of halogens is 1. The molecule has 2 heterocycles. The number of ether oxygens (including phenoxy) is 1. The van der Waals surface area contributed by atoms with Gasteiger partial charge in [-0.2, -0.15) is 5.10 Å². The minimum absolute atomic E-state index is 0.0987. The molecule has 1 amide bonds. The SMILES string of the molecule is Cc1cnn(Cc2ccc(Cl)cc2)c1NC(=O)C1CCCO1. The summed E-state index contributed by atoms with van der Waals surface area (Å²) in [5.41, 5.74) is 2.00. The number of carbonyl (C=O) groups is 1. The van der Waals surface area contributed by atoms with E-state index in [9.17, 15) is 4.79 Å². The van der Waals surface area contributed by atoms with Gasteiger partial charge in [0.2, 0.25) is 0 Å². The second-order valence-corrected chi connectivity index (χ2v) is 5.89. The van der Waals surface area contributed by atoms with Gasteiger partial charge < -0.3 is 10.1 Å². The quantitative estimate of drug-likeness (QED) is 0.942. The summed E-state index contributed by atoms with van der Waals surface area (Å²) < 4.78 is 7.20. The fraction of sp³-hybridized carbons (Fsp3) is 0.375. The number of nitrogens with zero attached hydrogens (tertiary/aromatic N) is 2. The monoisotopic (exact) mass is 319 g/mol. The molecule has 116 valence electrons. The molecule has 3 rings (SSSR count). The van der Waals surface area contributed by atoms with Gasteiger partial charge in [-0.3, -0.25) is 4.79 Å². The summed E-state index contributed by atoms with van der Waals surface area (Å²) in [6, 6.07) is 7.59. The van der Waals surface area contributed by atoms with Crippen LogP contribution in [0.4, 0.5) is 5.82 Å². The largest absolute Gasteiger partial charge is 0.368 e. The van der Waals surface area contributed by atoms with Crippen molar-refractivity contribution < 1.29 is 9.53 Å². The average Bonchev–Trinajstić information content (AvgIpc) is 3.14. The number of benzene rings is 1. The van der Waals surface area contributed by atoms with Crippen LogP contribution in [-0.2, 0) is 16.1 Å². The zero-order chi connectivity index (χ0) is 15.5. The van der Waals surface area contributed by atoms with Gasteiger partial charge in [0.15, 0.2) is 0 Å². The molecule has 0 aliphatic carbocycles. The molecule has 1 atom stereocenters. The Morgan fingerprint density at radius 2 is 2.23 bits per heavy atom. The van der Waals surface area contributed by atoms with Crippen molar-refractivity contribution in [1.82, 2.24) is 9.78 Å². The summed E-state index contributed by atoms with van der Waals surface area (Å²) in [5, 5.41) is 7.99. The van der Waals surface area contributed by atoms with Crippen molar-refractivity contribution >= 4 is 23.3 Å². The van der Waals surface area contributed by atoms with E-state index in [0.717, 1.165) is 29.8 Å². The summed E-state index contributed by atoms with van der Waals surface area (Å²) in [4.78, 5) is 12.2. The zero-order valence-electron chi connectivity index (χ0n) is 12.4. The molecule has 1 saturated heterocycles. The number of hydrogen-bond donors (Lipinski definition) is 1. The molecule has 1 aliphatic heterocycles. The first-order valence-corrected chi connectivity index (χ1v) is 7.70. The third-order valence-corrected chi connectivity index (χ3v) is 3.98. The number of anilines is 1. The van der Waals surface area contributed by atoms with Crippen LogP contribution in [0.2, 0.25) is 5.02 Å². The van der Waals surface area contributed by atoms with Crippen LogP contribution in [0.5, 0.6) is 0 Å². The molecule has 0 bridgehead atoms. The summed E-state index contributed by atoms with van der Waals surface area (Å²) >= 11 is 5.90. The summed E-state index contributed by atoms with van der Waals surface area (Å²) in [6.07, 6.45) is 3.11. The van der Waals surface area contributed by atoms with Crippen LogP contribution < -0.4 is 5.32 Å². The molecule has 1 aliphatic rings. The highest BCUT2D eigenvalue weighted by atomic mass is 35.5. The Hall–Kier alpha value is -1.85. The number of aryl methyl sites for hydroxylation is 1. The number of carbonyl (C=O) groups excluding carboxylic acids is 1. The van der Waals surface area contributed by atoms with Gasteiger partial charge >= 0.3 is 0 Å². The highest BCUT2D eigenvalue weighted by Gasteiger charge is 2.25.